The molecule has 4 heteroatoms. The Morgan fingerprint density at radius 2 is 1.93 bits per heavy atom. The minimum absolute atomic E-state index is 0.252. The first-order chi connectivity index (χ1) is 6.93. The highest BCUT2D eigenvalue weighted by molar-refractivity contribution is 5.36. The van der Waals surface area contributed by atoms with E-state index in [9.17, 15) is 13.9 Å². The van der Waals surface area contributed by atoms with Crippen LogP contribution < -0.4 is 5.73 Å². The Balaban J connectivity index is 3.00. The number of halogens is 2. The van der Waals surface area contributed by atoms with Gasteiger partial charge in [0.2, 0.25) is 5.82 Å². The van der Waals surface area contributed by atoms with E-state index in [0.29, 0.717) is 12.3 Å². The molecule has 15 heavy (non-hydrogen) atoms. The molecule has 0 aromatic heterocycles. The maximum atomic E-state index is 13.0. The summed E-state index contributed by atoms with van der Waals surface area (Å²) in [6.45, 7) is 3.94. The number of benzene rings is 1. The van der Waals surface area contributed by atoms with Gasteiger partial charge in [0.15, 0.2) is 11.6 Å². The van der Waals surface area contributed by atoms with E-state index in [4.69, 9.17) is 5.73 Å². The van der Waals surface area contributed by atoms with Crippen LogP contribution in [0.1, 0.15) is 31.9 Å². The predicted molar refractivity (Wildman–Crippen MR) is 54.4 cm³/mol. The Bertz CT molecular complexity index is 353. The third kappa shape index (κ3) is 2.65. The zero-order valence-corrected chi connectivity index (χ0v) is 8.80. The van der Waals surface area contributed by atoms with Crippen LogP contribution in [-0.4, -0.2) is 5.11 Å². The van der Waals surface area contributed by atoms with E-state index in [1.54, 1.807) is 0 Å². The molecule has 0 aliphatic rings. The first kappa shape index (κ1) is 11.9. The maximum absolute atomic E-state index is 13.0. The highest BCUT2D eigenvalue weighted by Gasteiger charge is 2.17. The second-order valence-electron chi connectivity index (χ2n) is 4.04. The van der Waals surface area contributed by atoms with Gasteiger partial charge in [-0.25, -0.2) is 4.39 Å². The van der Waals surface area contributed by atoms with Crippen LogP contribution in [0.3, 0.4) is 0 Å². The van der Waals surface area contributed by atoms with Crippen LogP contribution in [0.5, 0.6) is 5.75 Å². The fourth-order valence-electron chi connectivity index (χ4n) is 1.49. The summed E-state index contributed by atoms with van der Waals surface area (Å²) in [5, 5.41) is 9.37. The van der Waals surface area contributed by atoms with Crippen LogP contribution in [0.25, 0.3) is 0 Å². The van der Waals surface area contributed by atoms with Gasteiger partial charge in [0.25, 0.3) is 0 Å². The Kier molecular flexibility index (Phi) is 3.63. The molecule has 2 nitrogen and oxygen atoms in total. The van der Waals surface area contributed by atoms with Crippen molar-refractivity contribution in [1.29, 1.82) is 0 Å². The van der Waals surface area contributed by atoms with Crippen molar-refractivity contribution < 1.29 is 13.9 Å². The number of aromatic hydroxyl groups is 1. The summed E-state index contributed by atoms with van der Waals surface area (Å²) >= 11 is 0. The zero-order chi connectivity index (χ0) is 11.6. The standard InChI is InChI=1S/C11H15F2NO/c1-6(2)5-9(14)7-3-4-8(12)10(13)11(7)15/h3-4,6,9,15H,5,14H2,1-2H3/t9-/m0/s1. The second kappa shape index (κ2) is 4.57. The fourth-order valence-corrected chi connectivity index (χ4v) is 1.49. The summed E-state index contributed by atoms with van der Waals surface area (Å²) in [4.78, 5) is 0. The highest BCUT2D eigenvalue weighted by atomic mass is 19.2. The molecule has 0 saturated carbocycles. The van der Waals surface area contributed by atoms with Crippen LogP contribution in [0.4, 0.5) is 8.78 Å². The highest BCUT2D eigenvalue weighted by Crippen LogP contribution is 2.30. The third-order valence-electron chi connectivity index (χ3n) is 2.23. The van der Waals surface area contributed by atoms with Crippen molar-refractivity contribution >= 4 is 0 Å². The fraction of sp³-hybridized carbons (Fsp3) is 0.455. The number of hydrogen-bond acceptors (Lipinski definition) is 2. The van der Waals surface area contributed by atoms with Gasteiger partial charge in [-0.1, -0.05) is 19.9 Å². The lowest BCUT2D eigenvalue weighted by Crippen LogP contribution is -2.13. The molecule has 1 rings (SSSR count). The molecule has 0 heterocycles. The summed E-state index contributed by atoms with van der Waals surface area (Å²) in [5.74, 6) is -2.64. The molecule has 0 fully saturated rings. The summed E-state index contributed by atoms with van der Waals surface area (Å²) in [5.41, 5.74) is 6.02. The van der Waals surface area contributed by atoms with E-state index in [-0.39, 0.29) is 5.56 Å². The summed E-state index contributed by atoms with van der Waals surface area (Å²) in [6, 6.07) is 1.82. The van der Waals surface area contributed by atoms with Gasteiger partial charge in [-0.15, -0.1) is 0 Å². The van der Waals surface area contributed by atoms with Gasteiger partial charge in [0.05, 0.1) is 0 Å². The average Bonchev–Trinajstić information content (AvgIpc) is 2.13. The first-order valence-electron chi connectivity index (χ1n) is 4.86. The summed E-state index contributed by atoms with van der Waals surface area (Å²) < 4.78 is 25.7. The van der Waals surface area contributed by atoms with Crippen molar-refractivity contribution in [3.05, 3.63) is 29.3 Å². The molecule has 0 aliphatic heterocycles. The van der Waals surface area contributed by atoms with E-state index in [2.05, 4.69) is 0 Å². The van der Waals surface area contributed by atoms with E-state index in [0.717, 1.165) is 6.07 Å². The molecule has 0 saturated heterocycles. The molecule has 0 spiro atoms. The van der Waals surface area contributed by atoms with Crippen molar-refractivity contribution in [1.82, 2.24) is 0 Å². The molecule has 1 aromatic rings. The van der Waals surface area contributed by atoms with E-state index in [1.165, 1.54) is 6.07 Å². The number of phenolic OH excluding ortho intramolecular Hbond substituents is 1. The first-order valence-corrected chi connectivity index (χ1v) is 4.86. The second-order valence-corrected chi connectivity index (χ2v) is 4.04. The van der Waals surface area contributed by atoms with Gasteiger partial charge in [-0.2, -0.15) is 4.39 Å². The normalized spacial score (nSPS) is 13.2. The number of hydrogen-bond donors (Lipinski definition) is 2. The molecule has 0 amide bonds. The largest absolute Gasteiger partial charge is 0.505 e. The molecule has 0 unspecified atom stereocenters. The number of rotatable bonds is 3. The van der Waals surface area contributed by atoms with E-state index >= 15 is 0 Å². The van der Waals surface area contributed by atoms with Crippen LogP contribution >= 0.6 is 0 Å². The summed E-state index contributed by atoms with van der Waals surface area (Å²) in [7, 11) is 0. The smallest absolute Gasteiger partial charge is 0.200 e. The lowest BCUT2D eigenvalue weighted by molar-refractivity contribution is 0.391. The predicted octanol–water partition coefficient (Wildman–Crippen LogP) is 2.72. The Morgan fingerprint density at radius 1 is 1.33 bits per heavy atom. The SMILES string of the molecule is CC(C)C[C@H](N)c1ccc(F)c(F)c1O. The van der Waals surface area contributed by atoms with Crippen molar-refractivity contribution in [2.24, 2.45) is 11.7 Å². The Labute approximate surface area is 87.7 Å². The van der Waals surface area contributed by atoms with Crippen LogP contribution in [0.2, 0.25) is 0 Å². The molecule has 1 aromatic carbocycles. The van der Waals surface area contributed by atoms with E-state index < -0.39 is 23.4 Å². The van der Waals surface area contributed by atoms with E-state index in [1.807, 2.05) is 13.8 Å². The molecule has 0 radical (unpaired) electrons. The quantitative estimate of drug-likeness (QED) is 0.814. The van der Waals surface area contributed by atoms with Crippen molar-refractivity contribution in [2.45, 2.75) is 26.3 Å². The van der Waals surface area contributed by atoms with Crippen molar-refractivity contribution in [2.75, 3.05) is 0 Å². The van der Waals surface area contributed by atoms with Gasteiger partial charge >= 0.3 is 0 Å². The topological polar surface area (TPSA) is 46.2 Å². The molecule has 84 valence electrons. The van der Waals surface area contributed by atoms with Crippen LogP contribution in [-0.2, 0) is 0 Å². The molecule has 0 aliphatic carbocycles. The molecule has 3 N–H and O–H groups in total. The minimum atomic E-state index is -1.23. The van der Waals surface area contributed by atoms with Crippen LogP contribution in [0.15, 0.2) is 12.1 Å². The van der Waals surface area contributed by atoms with Gasteiger partial charge in [0.1, 0.15) is 0 Å². The number of phenols is 1. The lowest BCUT2D eigenvalue weighted by Gasteiger charge is -2.16. The minimum Gasteiger partial charge on any atom is -0.505 e. The maximum Gasteiger partial charge on any atom is 0.200 e. The van der Waals surface area contributed by atoms with Gasteiger partial charge in [-0.05, 0) is 18.4 Å². The van der Waals surface area contributed by atoms with Crippen molar-refractivity contribution in [3.8, 4) is 5.75 Å². The molecular weight excluding hydrogens is 200 g/mol. The molecule has 1 atom stereocenters. The monoisotopic (exact) mass is 215 g/mol. The Hall–Kier alpha value is -1.16. The van der Waals surface area contributed by atoms with Crippen molar-refractivity contribution in [3.63, 3.8) is 0 Å². The molecular formula is C11H15F2NO. The third-order valence-corrected chi connectivity index (χ3v) is 2.23. The zero-order valence-electron chi connectivity index (χ0n) is 8.80. The summed E-state index contributed by atoms with van der Waals surface area (Å²) in [6.07, 6.45) is 0.610. The van der Waals surface area contributed by atoms with Gasteiger partial charge in [-0.3, -0.25) is 0 Å². The van der Waals surface area contributed by atoms with Crippen LogP contribution in [0, 0.1) is 17.6 Å². The van der Waals surface area contributed by atoms with Gasteiger partial charge in [0, 0.05) is 11.6 Å². The Morgan fingerprint density at radius 3 is 2.47 bits per heavy atom. The average molecular weight is 215 g/mol. The molecule has 0 bridgehead atoms. The van der Waals surface area contributed by atoms with Gasteiger partial charge < -0.3 is 10.8 Å². The lowest BCUT2D eigenvalue weighted by atomic mass is 9.97. The number of nitrogens with two attached hydrogens (primary N) is 1.